The molecule has 0 heterocycles. The Hall–Kier alpha value is -0.690. The molecule has 0 bridgehead atoms. The zero-order valence-electron chi connectivity index (χ0n) is 7.54. The molecule has 0 N–H and O–H groups in total. The molecule has 1 aromatic rings. The molecule has 0 saturated carbocycles. The van der Waals surface area contributed by atoms with Crippen LogP contribution in [0.1, 0.15) is 16.7 Å². The number of hydrogen-bond acceptors (Lipinski definition) is 1. The van der Waals surface area contributed by atoms with E-state index in [4.69, 9.17) is 0 Å². The topological polar surface area (TPSA) is 0 Å². The van der Waals surface area contributed by atoms with Gasteiger partial charge in [-0.3, -0.25) is 0 Å². The minimum Gasteiger partial charge on any atom is -0.175 e. The molecule has 0 unspecified atom stereocenters. The number of rotatable bonds is 2. The first-order valence-electron chi connectivity index (χ1n) is 4.09. The molecular weight excluding hydrogens is 164 g/mol. The summed E-state index contributed by atoms with van der Waals surface area (Å²) >= 11 is 4.13. The van der Waals surface area contributed by atoms with Crippen molar-refractivity contribution < 1.29 is 0 Å². The van der Waals surface area contributed by atoms with Crippen LogP contribution in [-0.2, 0) is 0 Å². The summed E-state index contributed by atoms with van der Waals surface area (Å²) in [6.45, 7) is 4.26. The molecule has 0 aliphatic carbocycles. The Balaban J connectivity index is 3.04. The molecule has 1 heteroatoms. The molecule has 0 spiro atoms. The monoisotopic (exact) mass is 178 g/mol. The lowest BCUT2D eigenvalue weighted by Crippen LogP contribution is -1.84. The summed E-state index contributed by atoms with van der Waals surface area (Å²) in [5.41, 5.74) is 3.98. The summed E-state index contributed by atoms with van der Waals surface area (Å²) in [6.07, 6.45) is 4.20. The van der Waals surface area contributed by atoms with Gasteiger partial charge in [-0.2, -0.15) is 12.6 Å². The van der Waals surface area contributed by atoms with Crippen molar-refractivity contribution >= 4 is 18.7 Å². The maximum atomic E-state index is 4.13. The van der Waals surface area contributed by atoms with Gasteiger partial charge in [-0.05, 0) is 30.5 Å². The minimum absolute atomic E-state index is 0.799. The highest BCUT2D eigenvalue weighted by molar-refractivity contribution is 7.80. The van der Waals surface area contributed by atoms with Gasteiger partial charge in [-0.15, -0.1) is 0 Å². The minimum atomic E-state index is 0.799. The van der Waals surface area contributed by atoms with Crippen molar-refractivity contribution in [2.24, 2.45) is 0 Å². The van der Waals surface area contributed by atoms with Crippen LogP contribution in [0.2, 0.25) is 0 Å². The van der Waals surface area contributed by atoms with Gasteiger partial charge in [0.25, 0.3) is 0 Å². The van der Waals surface area contributed by atoms with Crippen LogP contribution in [0.5, 0.6) is 0 Å². The fourth-order valence-corrected chi connectivity index (χ4v) is 1.37. The first kappa shape index (κ1) is 9.40. The first-order valence-corrected chi connectivity index (χ1v) is 4.72. The van der Waals surface area contributed by atoms with E-state index >= 15 is 0 Å². The van der Waals surface area contributed by atoms with Crippen molar-refractivity contribution in [3.8, 4) is 0 Å². The van der Waals surface area contributed by atoms with Gasteiger partial charge >= 0.3 is 0 Å². The lowest BCUT2D eigenvalue weighted by atomic mass is 10.0. The zero-order valence-corrected chi connectivity index (χ0v) is 8.44. The summed E-state index contributed by atoms with van der Waals surface area (Å²) in [7, 11) is 0. The first-order chi connectivity index (χ1) is 5.75. The second kappa shape index (κ2) is 4.36. The van der Waals surface area contributed by atoms with Gasteiger partial charge < -0.3 is 0 Å². The highest BCUT2D eigenvalue weighted by atomic mass is 32.1. The Morgan fingerprint density at radius 1 is 1.25 bits per heavy atom. The smallest absolute Gasteiger partial charge is 0.00858 e. The van der Waals surface area contributed by atoms with E-state index in [1.54, 1.807) is 0 Å². The predicted octanol–water partition coefficient (Wildman–Crippen LogP) is 3.25. The second-order valence-corrected chi connectivity index (χ2v) is 3.26. The lowest BCUT2D eigenvalue weighted by Gasteiger charge is -2.03. The summed E-state index contributed by atoms with van der Waals surface area (Å²) in [4.78, 5) is 0. The molecule has 0 fully saturated rings. The molecule has 12 heavy (non-hydrogen) atoms. The summed E-state index contributed by atoms with van der Waals surface area (Å²) in [5.74, 6) is 0.799. The quantitative estimate of drug-likeness (QED) is 0.660. The molecule has 0 radical (unpaired) electrons. The van der Waals surface area contributed by atoms with E-state index in [0.717, 1.165) is 5.75 Å². The van der Waals surface area contributed by atoms with E-state index in [9.17, 15) is 0 Å². The fraction of sp³-hybridized carbons (Fsp3) is 0.273. The summed E-state index contributed by atoms with van der Waals surface area (Å²) in [5, 5.41) is 0. The number of aryl methyl sites for hydroxylation is 2. The average molecular weight is 178 g/mol. The van der Waals surface area contributed by atoms with Crippen molar-refractivity contribution in [1.29, 1.82) is 0 Å². The normalized spacial score (nSPS) is 10.9. The van der Waals surface area contributed by atoms with Crippen LogP contribution >= 0.6 is 12.6 Å². The van der Waals surface area contributed by atoms with Gasteiger partial charge in [0.1, 0.15) is 0 Å². The molecule has 0 nitrogen and oxygen atoms in total. The molecule has 0 aromatic heterocycles. The maximum Gasteiger partial charge on any atom is 0.00858 e. The van der Waals surface area contributed by atoms with Crippen LogP contribution < -0.4 is 0 Å². The van der Waals surface area contributed by atoms with Crippen LogP contribution in [0.25, 0.3) is 6.08 Å². The zero-order chi connectivity index (χ0) is 8.97. The summed E-state index contributed by atoms with van der Waals surface area (Å²) < 4.78 is 0. The molecule has 1 rings (SSSR count). The fourth-order valence-electron chi connectivity index (χ4n) is 1.26. The Morgan fingerprint density at radius 2 is 1.83 bits per heavy atom. The van der Waals surface area contributed by atoms with Crippen molar-refractivity contribution in [3.63, 3.8) is 0 Å². The molecular formula is C11H14S. The Labute approximate surface area is 79.7 Å². The van der Waals surface area contributed by atoms with Gasteiger partial charge in [-0.1, -0.05) is 30.4 Å². The molecule has 0 amide bonds. The van der Waals surface area contributed by atoms with Crippen LogP contribution in [0, 0.1) is 13.8 Å². The van der Waals surface area contributed by atoms with Crippen molar-refractivity contribution in [2.45, 2.75) is 13.8 Å². The average Bonchev–Trinajstić information content (AvgIpc) is 2.04. The molecule has 0 aliphatic rings. The van der Waals surface area contributed by atoms with Crippen molar-refractivity contribution in [1.82, 2.24) is 0 Å². The van der Waals surface area contributed by atoms with Crippen molar-refractivity contribution in [3.05, 3.63) is 41.0 Å². The molecule has 1 aromatic carbocycles. The number of benzene rings is 1. The number of thiol groups is 1. The molecule has 0 aliphatic heterocycles. The van der Waals surface area contributed by atoms with Crippen LogP contribution in [0.15, 0.2) is 24.3 Å². The van der Waals surface area contributed by atoms with Crippen molar-refractivity contribution in [2.75, 3.05) is 5.75 Å². The Bertz CT molecular complexity index is 267. The van der Waals surface area contributed by atoms with Gasteiger partial charge in [-0.25, -0.2) is 0 Å². The molecule has 0 atom stereocenters. The molecule has 64 valence electrons. The lowest BCUT2D eigenvalue weighted by molar-refractivity contribution is 1.35. The third-order valence-electron chi connectivity index (χ3n) is 1.93. The third kappa shape index (κ3) is 2.15. The Kier molecular flexibility index (Phi) is 3.42. The van der Waals surface area contributed by atoms with Gasteiger partial charge in [0.15, 0.2) is 0 Å². The second-order valence-electron chi connectivity index (χ2n) is 2.89. The van der Waals surface area contributed by atoms with Crippen LogP contribution in [-0.4, -0.2) is 5.75 Å². The Morgan fingerprint density at radius 3 is 2.33 bits per heavy atom. The maximum absolute atomic E-state index is 4.13. The van der Waals surface area contributed by atoms with E-state index in [-0.39, 0.29) is 0 Å². The van der Waals surface area contributed by atoms with E-state index in [2.05, 4.69) is 56.8 Å². The van der Waals surface area contributed by atoms with Gasteiger partial charge in [0, 0.05) is 5.75 Å². The highest BCUT2D eigenvalue weighted by Crippen LogP contribution is 2.14. The highest BCUT2D eigenvalue weighted by Gasteiger charge is 1.95. The largest absolute Gasteiger partial charge is 0.175 e. The van der Waals surface area contributed by atoms with E-state index < -0.39 is 0 Å². The van der Waals surface area contributed by atoms with Gasteiger partial charge in [0.05, 0.1) is 0 Å². The SMILES string of the molecule is Cc1cccc(C)c1C=CCS. The van der Waals surface area contributed by atoms with Gasteiger partial charge in [0.2, 0.25) is 0 Å². The summed E-state index contributed by atoms with van der Waals surface area (Å²) in [6, 6.07) is 6.35. The standard InChI is InChI=1S/C11H14S/c1-9-5-3-6-10(2)11(9)7-4-8-12/h3-7,12H,8H2,1-2H3. The van der Waals surface area contributed by atoms with E-state index in [0.29, 0.717) is 0 Å². The predicted molar refractivity (Wildman–Crippen MR) is 58.8 cm³/mol. The van der Waals surface area contributed by atoms with E-state index in [1.165, 1.54) is 16.7 Å². The molecule has 0 saturated heterocycles. The number of hydrogen-bond donors (Lipinski definition) is 1. The van der Waals surface area contributed by atoms with Crippen LogP contribution in [0.4, 0.5) is 0 Å². The van der Waals surface area contributed by atoms with E-state index in [1.807, 2.05) is 0 Å². The van der Waals surface area contributed by atoms with Crippen LogP contribution in [0.3, 0.4) is 0 Å². The third-order valence-corrected chi connectivity index (χ3v) is 2.14.